The van der Waals surface area contributed by atoms with Gasteiger partial charge in [-0.3, -0.25) is 14.2 Å². The van der Waals surface area contributed by atoms with E-state index in [1.165, 1.54) is 18.2 Å². The highest BCUT2D eigenvalue weighted by molar-refractivity contribution is 7.99. The molecule has 6 nitrogen and oxygen atoms in total. The van der Waals surface area contributed by atoms with Crippen molar-refractivity contribution in [2.45, 2.75) is 57.5 Å². The van der Waals surface area contributed by atoms with Gasteiger partial charge in [0.1, 0.15) is 0 Å². The van der Waals surface area contributed by atoms with E-state index in [9.17, 15) is 14.7 Å². The Morgan fingerprint density at radius 2 is 1.93 bits per heavy atom. The van der Waals surface area contributed by atoms with Gasteiger partial charge in [-0.25, -0.2) is 0 Å². The SMILES string of the molecule is CCCCc1c(O)nc(SCC(=O)N2CCCCC2)n(-c2ccccc2C)c1=O. The number of para-hydroxylation sites is 1. The first-order chi connectivity index (χ1) is 14.0. The van der Waals surface area contributed by atoms with Crippen molar-refractivity contribution in [1.82, 2.24) is 14.5 Å². The Balaban J connectivity index is 1.95. The molecule has 0 aliphatic carbocycles. The molecule has 1 aromatic carbocycles. The number of carbonyl (C=O) groups excluding carboxylic acids is 1. The minimum Gasteiger partial charge on any atom is -0.493 e. The van der Waals surface area contributed by atoms with Crippen molar-refractivity contribution in [2.24, 2.45) is 0 Å². The molecule has 0 bridgehead atoms. The molecule has 1 saturated heterocycles. The number of carbonyl (C=O) groups is 1. The fourth-order valence-corrected chi connectivity index (χ4v) is 4.48. The fraction of sp³-hybridized carbons (Fsp3) is 0.500. The monoisotopic (exact) mass is 415 g/mol. The predicted octanol–water partition coefficient (Wildman–Crippen LogP) is 3.69. The first-order valence-electron chi connectivity index (χ1n) is 10.3. The molecule has 1 fully saturated rings. The molecule has 156 valence electrons. The van der Waals surface area contributed by atoms with Gasteiger partial charge in [0.15, 0.2) is 5.16 Å². The lowest BCUT2D eigenvalue weighted by Crippen LogP contribution is -2.37. The number of aromatic nitrogens is 2. The predicted molar refractivity (Wildman–Crippen MR) is 116 cm³/mol. The van der Waals surface area contributed by atoms with Crippen LogP contribution in [0.15, 0.2) is 34.2 Å². The van der Waals surface area contributed by atoms with Crippen LogP contribution in [-0.4, -0.2) is 44.3 Å². The number of nitrogens with zero attached hydrogens (tertiary/aromatic N) is 3. The summed E-state index contributed by atoms with van der Waals surface area (Å²) in [6, 6.07) is 7.60. The molecule has 0 atom stereocenters. The maximum Gasteiger partial charge on any atom is 0.265 e. The van der Waals surface area contributed by atoms with Gasteiger partial charge in [-0.15, -0.1) is 0 Å². The van der Waals surface area contributed by atoms with Crippen molar-refractivity contribution in [1.29, 1.82) is 0 Å². The highest BCUT2D eigenvalue weighted by Gasteiger charge is 2.21. The first-order valence-corrected chi connectivity index (χ1v) is 11.3. The summed E-state index contributed by atoms with van der Waals surface area (Å²) in [5, 5.41) is 10.8. The van der Waals surface area contributed by atoms with Crippen LogP contribution in [0.1, 0.15) is 50.2 Å². The van der Waals surface area contributed by atoms with Gasteiger partial charge in [0.2, 0.25) is 11.8 Å². The largest absolute Gasteiger partial charge is 0.493 e. The van der Waals surface area contributed by atoms with Gasteiger partial charge in [-0.2, -0.15) is 4.98 Å². The Morgan fingerprint density at radius 3 is 2.62 bits per heavy atom. The van der Waals surface area contributed by atoms with Gasteiger partial charge < -0.3 is 10.0 Å². The highest BCUT2D eigenvalue weighted by Crippen LogP contribution is 2.25. The molecule has 0 unspecified atom stereocenters. The van der Waals surface area contributed by atoms with Crippen LogP contribution in [0.5, 0.6) is 5.88 Å². The summed E-state index contributed by atoms with van der Waals surface area (Å²) < 4.78 is 1.55. The molecular formula is C22H29N3O3S. The fourth-order valence-electron chi connectivity index (χ4n) is 3.58. The third-order valence-electron chi connectivity index (χ3n) is 5.29. The van der Waals surface area contributed by atoms with E-state index in [2.05, 4.69) is 4.98 Å². The van der Waals surface area contributed by atoms with Gasteiger partial charge in [-0.1, -0.05) is 43.3 Å². The van der Waals surface area contributed by atoms with Gasteiger partial charge >= 0.3 is 0 Å². The average molecular weight is 416 g/mol. The normalized spacial score (nSPS) is 14.2. The van der Waals surface area contributed by atoms with E-state index in [1.807, 2.05) is 43.0 Å². The molecule has 2 heterocycles. The first kappa shape index (κ1) is 21.4. The number of likely N-dealkylation sites (tertiary alicyclic amines) is 1. The Kier molecular flexibility index (Phi) is 7.36. The number of amides is 1. The van der Waals surface area contributed by atoms with Crippen LogP contribution in [0.3, 0.4) is 0 Å². The summed E-state index contributed by atoms with van der Waals surface area (Å²) >= 11 is 1.21. The minimum absolute atomic E-state index is 0.0508. The van der Waals surface area contributed by atoms with Gasteiger partial charge in [0.25, 0.3) is 5.56 Å². The van der Waals surface area contributed by atoms with Crippen molar-refractivity contribution >= 4 is 17.7 Å². The average Bonchev–Trinajstić information content (AvgIpc) is 2.73. The summed E-state index contributed by atoms with van der Waals surface area (Å²) in [4.78, 5) is 32.1. The Hall–Kier alpha value is -2.28. The van der Waals surface area contributed by atoms with E-state index in [-0.39, 0.29) is 23.1 Å². The molecule has 0 spiro atoms. The zero-order valence-electron chi connectivity index (χ0n) is 17.2. The smallest absolute Gasteiger partial charge is 0.265 e. The standard InChI is InChI=1S/C22H29N3O3S/c1-3-4-11-17-20(27)23-22(29-15-19(26)24-13-8-5-9-14-24)25(21(17)28)18-12-7-6-10-16(18)2/h6-7,10,12,27H,3-5,8-9,11,13-15H2,1-2H3. The molecule has 29 heavy (non-hydrogen) atoms. The summed E-state index contributed by atoms with van der Waals surface area (Å²) in [6.07, 6.45) is 5.45. The third kappa shape index (κ3) is 5.01. The van der Waals surface area contributed by atoms with Crippen LogP contribution >= 0.6 is 11.8 Å². The van der Waals surface area contributed by atoms with Crippen LogP contribution in [-0.2, 0) is 11.2 Å². The number of hydrogen-bond donors (Lipinski definition) is 1. The zero-order chi connectivity index (χ0) is 20.8. The van der Waals surface area contributed by atoms with E-state index in [1.54, 1.807) is 4.57 Å². The van der Waals surface area contributed by atoms with Crippen molar-refractivity contribution in [3.8, 4) is 11.6 Å². The van der Waals surface area contributed by atoms with Crippen LogP contribution < -0.4 is 5.56 Å². The van der Waals surface area contributed by atoms with Crippen molar-refractivity contribution in [3.63, 3.8) is 0 Å². The quantitative estimate of drug-likeness (QED) is 0.551. The van der Waals surface area contributed by atoms with E-state index >= 15 is 0 Å². The molecule has 1 aliphatic heterocycles. The van der Waals surface area contributed by atoms with Crippen molar-refractivity contribution in [2.75, 3.05) is 18.8 Å². The Morgan fingerprint density at radius 1 is 1.21 bits per heavy atom. The number of thioether (sulfide) groups is 1. The molecule has 1 amide bonds. The summed E-state index contributed by atoms with van der Waals surface area (Å²) in [5.74, 6) is 0.0301. The minimum atomic E-state index is -0.256. The third-order valence-corrected chi connectivity index (χ3v) is 6.22. The van der Waals surface area contributed by atoms with Gasteiger partial charge in [0.05, 0.1) is 17.0 Å². The molecule has 7 heteroatoms. The Bertz CT molecular complexity index is 920. The lowest BCUT2D eigenvalue weighted by atomic mass is 10.1. The van der Waals surface area contributed by atoms with E-state index < -0.39 is 0 Å². The maximum absolute atomic E-state index is 13.3. The van der Waals surface area contributed by atoms with Crippen LogP contribution in [0.25, 0.3) is 5.69 Å². The highest BCUT2D eigenvalue weighted by atomic mass is 32.2. The maximum atomic E-state index is 13.3. The number of piperidine rings is 1. The van der Waals surface area contributed by atoms with Crippen LogP contribution in [0.2, 0.25) is 0 Å². The Labute approximate surface area is 176 Å². The molecule has 0 saturated carbocycles. The second kappa shape index (κ2) is 9.96. The number of unbranched alkanes of at least 4 members (excludes halogenated alkanes) is 1. The number of rotatable bonds is 7. The number of aromatic hydroxyl groups is 1. The summed E-state index contributed by atoms with van der Waals surface area (Å²) in [7, 11) is 0. The molecule has 1 N–H and O–H groups in total. The summed E-state index contributed by atoms with van der Waals surface area (Å²) in [6.45, 7) is 5.56. The second-order valence-electron chi connectivity index (χ2n) is 7.46. The second-order valence-corrected chi connectivity index (χ2v) is 8.40. The number of aryl methyl sites for hydroxylation is 1. The lowest BCUT2D eigenvalue weighted by molar-refractivity contribution is -0.129. The van der Waals surface area contributed by atoms with Crippen molar-refractivity contribution in [3.05, 3.63) is 45.7 Å². The molecule has 3 rings (SSSR count). The van der Waals surface area contributed by atoms with E-state index in [0.717, 1.165) is 50.0 Å². The molecular weight excluding hydrogens is 386 g/mol. The van der Waals surface area contributed by atoms with Gasteiger partial charge in [0, 0.05) is 13.1 Å². The molecule has 0 radical (unpaired) electrons. The molecule has 1 aromatic heterocycles. The van der Waals surface area contributed by atoms with Crippen LogP contribution in [0.4, 0.5) is 0 Å². The topological polar surface area (TPSA) is 75.4 Å². The number of hydrogen-bond acceptors (Lipinski definition) is 5. The van der Waals surface area contributed by atoms with Crippen molar-refractivity contribution < 1.29 is 9.90 Å². The van der Waals surface area contributed by atoms with E-state index in [4.69, 9.17) is 0 Å². The van der Waals surface area contributed by atoms with Crippen LogP contribution in [0, 0.1) is 6.92 Å². The molecule has 2 aromatic rings. The number of benzene rings is 1. The lowest BCUT2D eigenvalue weighted by Gasteiger charge is -2.26. The zero-order valence-corrected chi connectivity index (χ0v) is 18.0. The summed E-state index contributed by atoms with van der Waals surface area (Å²) in [5.41, 5.74) is 1.75. The molecule has 1 aliphatic rings. The van der Waals surface area contributed by atoms with Gasteiger partial charge in [-0.05, 0) is 50.7 Å². The van der Waals surface area contributed by atoms with E-state index in [0.29, 0.717) is 17.1 Å².